The third-order valence-corrected chi connectivity index (χ3v) is 5.32. The molecule has 3 aromatic carbocycles. The molecule has 168 valence electrons. The standard InChI is InChI=1S/C24H16N4O6/c29-20(25-15-7-6-10-17(13-15)28(32)33)14-26-21-18-11-4-5-12-19(18)34-22(21)23(30)27(24(26)31)16-8-2-1-3-9-16/h1-13H,14H2,(H,25,29). The van der Waals surface area contributed by atoms with Crippen LogP contribution in [0.5, 0.6) is 0 Å². The molecule has 0 spiro atoms. The molecule has 0 saturated heterocycles. The van der Waals surface area contributed by atoms with Gasteiger partial charge in [-0.2, -0.15) is 0 Å². The SMILES string of the molecule is O=C(Cn1c(=O)n(-c2ccccc2)c(=O)c2oc3ccccc3c21)Nc1cccc([N+](=O)[O-])c1. The Kier molecular flexibility index (Phi) is 5.02. The number of nitro groups is 1. The van der Waals surface area contributed by atoms with Gasteiger partial charge in [0.05, 0.1) is 10.6 Å². The Morgan fingerprint density at radius 1 is 0.971 bits per heavy atom. The van der Waals surface area contributed by atoms with E-state index in [0.29, 0.717) is 16.7 Å². The van der Waals surface area contributed by atoms with Crippen molar-refractivity contribution in [3.05, 3.63) is 110 Å². The van der Waals surface area contributed by atoms with Crippen molar-refractivity contribution in [1.29, 1.82) is 0 Å². The molecule has 10 nitrogen and oxygen atoms in total. The molecule has 0 aliphatic carbocycles. The first-order valence-electron chi connectivity index (χ1n) is 10.2. The molecule has 5 rings (SSSR count). The number of furan rings is 1. The van der Waals surface area contributed by atoms with E-state index in [4.69, 9.17) is 4.42 Å². The summed E-state index contributed by atoms with van der Waals surface area (Å²) in [6.45, 7) is -0.450. The van der Waals surface area contributed by atoms with Gasteiger partial charge >= 0.3 is 11.2 Å². The van der Waals surface area contributed by atoms with Crippen LogP contribution in [-0.2, 0) is 11.3 Å². The lowest BCUT2D eigenvalue weighted by Gasteiger charge is -2.12. The number of hydrogen-bond donors (Lipinski definition) is 1. The normalized spacial score (nSPS) is 11.1. The van der Waals surface area contributed by atoms with E-state index < -0.39 is 28.6 Å². The van der Waals surface area contributed by atoms with Crippen LogP contribution in [0.1, 0.15) is 0 Å². The maximum Gasteiger partial charge on any atom is 0.336 e. The molecule has 0 fully saturated rings. The number of aromatic nitrogens is 2. The largest absolute Gasteiger partial charge is 0.449 e. The topological polar surface area (TPSA) is 129 Å². The average Bonchev–Trinajstić information content (AvgIpc) is 3.23. The van der Waals surface area contributed by atoms with Crippen molar-refractivity contribution in [2.45, 2.75) is 6.54 Å². The molecule has 10 heteroatoms. The van der Waals surface area contributed by atoms with Gasteiger partial charge in [-0.3, -0.25) is 24.3 Å². The highest BCUT2D eigenvalue weighted by Gasteiger charge is 2.22. The second-order valence-electron chi connectivity index (χ2n) is 7.48. The van der Waals surface area contributed by atoms with Crippen LogP contribution in [0.3, 0.4) is 0 Å². The Balaban J connectivity index is 1.67. The molecule has 1 amide bonds. The highest BCUT2D eigenvalue weighted by Crippen LogP contribution is 2.26. The first kappa shape index (κ1) is 20.9. The summed E-state index contributed by atoms with van der Waals surface area (Å²) >= 11 is 0. The first-order chi connectivity index (χ1) is 16.4. The summed E-state index contributed by atoms with van der Waals surface area (Å²) in [4.78, 5) is 50.1. The van der Waals surface area contributed by atoms with Crippen LogP contribution in [0.25, 0.3) is 27.8 Å². The summed E-state index contributed by atoms with van der Waals surface area (Å²) in [7, 11) is 0. The molecule has 1 N–H and O–H groups in total. The van der Waals surface area contributed by atoms with Crippen LogP contribution in [0.15, 0.2) is 92.9 Å². The van der Waals surface area contributed by atoms with Gasteiger partial charge in [-0.25, -0.2) is 9.36 Å². The zero-order chi connectivity index (χ0) is 23.8. The summed E-state index contributed by atoms with van der Waals surface area (Å²) < 4.78 is 7.90. The summed E-state index contributed by atoms with van der Waals surface area (Å²) in [6.07, 6.45) is 0. The second kappa shape index (κ2) is 8.17. The number of anilines is 1. The molecule has 0 saturated carbocycles. The summed E-state index contributed by atoms with van der Waals surface area (Å²) in [6, 6.07) is 20.6. The molecule has 34 heavy (non-hydrogen) atoms. The average molecular weight is 456 g/mol. The van der Waals surface area contributed by atoms with Crippen LogP contribution >= 0.6 is 0 Å². The van der Waals surface area contributed by atoms with Crippen LogP contribution in [0, 0.1) is 10.1 Å². The van der Waals surface area contributed by atoms with Crippen molar-refractivity contribution < 1.29 is 14.1 Å². The number of nitrogens with one attached hydrogen (secondary N) is 1. The molecule has 0 unspecified atom stereocenters. The van der Waals surface area contributed by atoms with E-state index in [9.17, 15) is 24.5 Å². The van der Waals surface area contributed by atoms with Gasteiger partial charge in [0.2, 0.25) is 11.5 Å². The fourth-order valence-corrected chi connectivity index (χ4v) is 3.84. The lowest BCUT2D eigenvalue weighted by Crippen LogP contribution is -2.40. The molecule has 0 aliphatic rings. The Morgan fingerprint density at radius 2 is 1.71 bits per heavy atom. The van der Waals surface area contributed by atoms with Crippen molar-refractivity contribution in [2.24, 2.45) is 0 Å². The third-order valence-electron chi connectivity index (χ3n) is 5.32. The highest BCUT2D eigenvalue weighted by molar-refractivity contribution is 6.03. The molecule has 0 radical (unpaired) electrons. The Hall–Kier alpha value is -4.99. The molecule has 0 atom stereocenters. The minimum atomic E-state index is -0.718. The van der Waals surface area contributed by atoms with E-state index in [1.165, 1.54) is 28.8 Å². The number of rotatable bonds is 5. The van der Waals surface area contributed by atoms with E-state index in [0.717, 1.165) is 4.57 Å². The molecular weight excluding hydrogens is 440 g/mol. The number of non-ortho nitro benzene ring substituents is 1. The van der Waals surface area contributed by atoms with Crippen molar-refractivity contribution in [3.8, 4) is 5.69 Å². The van der Waals surface area contributed by atoms with E-state index in [1.54, 1.807) is 54.6 Å². The zero-order valence-corrected chi connectivity index (χ0v) is 17.5. The summed E-state index contributed by atoms with van der Waals surface area (Å²) in [5.41, 5.74) is -0.477. The van der Waals surface area contributed by atoms with E-state index >= 15 is 0 Å². The second-order valence-corrected chi connectivity index (χ2v) is 7.48. The highest BCUT2D eigenvalue weighted by atomic mass is 16.6. The first-order valence-corrected chi connectivity index (χ1v) is 10.2. The molecule has 2 aromatic heterocycles. The number of carbonyl (C=O) groups is 1. The van der Waals surface area contributed by atoms with Gasteiger partial charge in [0.1, 0.15) is 17.6 Å². The van der Waals surface area contributed by atoms with Crippen LogP contribution in [0.4, 0.5) is 11.4 Å². The molecule has 0 bridgehead atoms. The van der Waals surface area contributed by atoms with Crippen LogP contribution in [0.2, 0.25) is 0 Å². The van der Waals surface area contributed by atoms with Crippen molar-refractivity contribution in [2.75, 3.05) is 5.32 Å². The predicted octanol–water partition coefficient (Wildman–Crippen LogP) is 3.45. The minimum absolute atomic E-state index is 0.0622. The van der Waals surface area contributed by atoms with Crippen LogP contribution < -0.4 is 16.6 Å². The fraction of sp³-hybridized carbons (Fsp3) is 0.0417. The van der Waals surface area contributed by atoms with Crippen LogP contribution in [-0.4, -0.2) is 20.0 Å². The number of para-hydroxylation sites is 2. The monoisotopic (exact) mass is 456 g/mol. The Morgan fingerprint density at radius 3 is 2.47 bits per heavy atom. The van der Waals surface area contributed by atoms with Gasteiger partial charge in [0.15, 0.2) is 0 Å². The van der Waals surface area contributed by atoms with Crippen molar-refractivity contribution in [1.82, 2.24) is 9.13 Å². The summed E-state index contributed by atoms with van der Waals surface area (Å²) in [5.74, 6) is -0.604. The van der Waals surface area contributed by atoms with E-state index in [2.05, 4.69) is 5.32 Å². The number of hydrogen-bond acceptors (Lipinski definition) is 6. The molecule has 2 heterocycles. The van der Waals surface area contributed by atoms with Crippen molar-refractivity contribution >= 4 is 39.4 Å². The number of carbonyl (C=O) groups excluding carboxylic acids is 1. The molecule has 0 aliphatic heterocycles. The fourth-order valence-electron chi connectivity index (χ4n) is 3.84. The lowest BCUT2D eigenvalue weighted by molar-refractivity contribution is -0.384. The smallest absolute Gasteiger partial charge is 0.336 e. The zero-order valence-electron chi connectivity index (χ0n) is 17.5. The quantitative estimate of drug-likeness (QED) is 0.319. The maximum atomic E-state index is 13.5. The Labute approximate surface area is 190 Å². The lowest BCUT2D eigenvalue weighted by atomic mass is 10.2. The van der Waals surface area contributed by atoms with Gasteiger partial charge in [-0.1, -0.05) is 36.4 Å². The number of benzene rings is 3. The Bertz CT molecular complexity index is 1700. The minimum Gasteiger partial charge on any atom is -0.449 e. The maximum absolute atomic E-state index is 13.5. The summed E-state index contributed by atoms with van der Waals surface area (Å²) in [5, 5.41) is 14.1. The number of nitro benzene ring substituents is 1. The third kappa shape index (κ3) is 3.52. The van der Waals surface area contributed by atoms with Gasteiger partial charge in [0.25, 0.3) is 5.69 Å². The van der Waals surface area contributed by atoms with Gasteiger partial charge in [-0.15, -0.1) is 0 Å². The molecular formula is C24H16N4O6. The van der Waals surface area contributed by atoms with Gasteiger partial charge < -0.3 is 9.73 Å². The van der Waals surface area contributed by atoms with E-state index in [1.807, 2.05) is 0 Å². The van der Waals surface area contributed by atoms with E-state index in [-0.39, 0.29) is 22.5 Å². The van der Waals surface area contributed by atoms with Gasteiger partial charge in [-0.05, 0) is 30.3 Å². The number of fused-ring (bicyclic) bond motifs is 3. The van der Waals surface area contributed by atoms with Crippen molar-refractivity contribution in [3.63, 3.8) is 0 Å². The van der Waals surface area contributed by atoms with Gasteiger partial charge in [0, 0.05) is 23.2 Å². The predicted molar refractivity (Wildman–Crippen MR) is 125 cm³/mol. The molecule has 5 aromatic rings. The number of nitrogens with zero attached hydrogens (tertiary/aromatic N) is 3. The number of amides is 1.